The van der Waals surface area contributed by atoms with Gasteiger partial charge in [0.15, 0.2) is 9.84 Å². The lowest BCUT2D eigenvalue weighted by atomic mass is 10.1. The Kier molecular flexibility index (Phi) is 4.37. The number of aromatic nitrogens is 1. The molecule has 1 aromatic heterocycles. The van der Waals surface area contributed by atoms with Crippen LogP contribution >= 0.6 is 0 Å². The van der Waals surface area contributed by atoms with Crippen molar-refractivity contribution in [2.24, 2.45) is 0 Å². The SMILES string of the molecule is C[C@H](C(=O)Nc1ccc(-c2ccccc2)cn1)S(C)(=O)=O. The van der Waals surface area contributed by atoms with E-state index < -0.39 is 21.0 Å². The minimum atomic E-state index is -3.41. The molecule has 2 rings (SSSR count). The number of hydrogen-bond acceptors (Lipinski definition) is 4. The summed E-state index contributed by atoms with van der Waals surface area (Å²) < 4.78 is 22.6. The maximum Gasteiger partial charge on any atom is 0.243 e. The number of amides is 1. The van der Waals surface area contributed by atoms with E-state index in [2.05, 4.69) is 10.3 Å². The Balaban J connectivity index is 2.12. The fourth-order valence-electron chi connectivity index (χ4n) is 1.69. The van der Waals surface area contributed by atoms with Gasteiger partial charge in [-0.25, -0.2) is 13.4 Å². The van der Waals surface area contributed by atoms with Crippen LogP contribution in [-0.2, 0) is 14.6 Å². The zero-order valence-corrected chi connectivity index (χ0v) is 12.6. The van der Waals surface area contributed by atoms with Crippen LogP contribution < -0.4 is 5.32 Å². The van der Waals surface area contributed by atoms with Crippen molar-refractivity contribution in [3.63, 3.8) is 0 Å². The molecule has 1 aromatic carbocycles. The van der Waals surface area contributed by atoms with Crippen LogP contribution in [0.4, 0.5) is 5.82 Å². The Morgan fingerprint density at radius 1 is 1.10 bits per heavy atom. The molecular weight excluding hydrogens is 288 g/mol. The molecule has 2 aromatic rings. The van der Waals surface area contributed by atoms with Crippen molar-refractivity contribution in [1.29, 1.82) is 0 Å². The molecule has 1 amide bonds. The summed E-state index contributed by atoms with van der Waals surface area (Å²) in [5.41, 5.74) is 1.94. The maximum absolute atomic E-state index is 11.8. The second-order valence-electron chi connectivity index (χ2n) is 4.76. The molecule has 0 radical (unpaired) electrons. The summed E-state index contributed by atoms with van der Waals surface area (Å²) in [4.78, 5) is 15.9. The number of hydrogen-bond donors (Lipinski definition) is 1. The number of nitrogens with zero attached hydrogens (tertiary/aromatic N) is 1. The van der Waals surface area contributed by atoms with Crippen LogP contribution in [0, 0.1) is 0 Å². The topological polar surface area (TPSA) is 76.1 Å². The third-order valence-corrected chi connectivity index (χ3v) is 4.63. The summed E-state index contributed by atoms with van der Waals surface area (Å²) in [5, 5.41) is 1.39. The average molecular weight is 304 g/mol. The summed E-state index contributed by atoms with van der Waals surface area (Å²) >= 11 is 0. The molecule has 110 valence electrons. The Morgan fingerprint density at radius 3 is 2.29 bits per heavy atom. The van der Waals surface area contributed by atoms with Gasteiger partial charge in [0.05, 0.1) is 0 Å². The van der Waals surface area contributed by atoms with Crippen LogP contribution in [0.1, 0.15) is 6.92 Å². The zero-order chi connectivity index (χ0) is 15.5. The lowest BCUT2D eigenvalue weighted by Crippen LogP contribution is -2.32. The minimum absolute atomic E-state index is 0.329. The molecule has 0 saturated heterocycles. The van der Waals surface area contributed by atoms with Gasteiger partial charge in [0.2, 0.25) is 5.91 Å². The normalized spacial score (nSPS) is 12.7. The maximum atomic E-state index is 11.8. The van der Waals surface area contributed by atoms with Crippen molar-refractivity contribution in [3.05, 3.63) is 48.7 Å². The highest BCUT2D eigenvalue weighted by Gasteiger charge is 2.23. The molecule has 1 N–H and O–H groups in total. The molecule has 0 spiro atoms. The Labute approximate surface area is 124 Å². The summed E-state index contributed by atoms with van der Waals surface area (Å²) in [5.74, 6) is -0.257. The molecular formula is C15H16N2O3S. The number of carbonyl (C=O) groups is 1. The van der Waals surface area contributed by atoms with Crippen LogP contribution in [-0.4, -0.2) is 30.8 Å². The van der Waals surface area contributed by atoms with Gasteiger partial charge in [0.1, 0.15) is 11.1 Å². The van der Waals surface area contributed by atoms with Gasteiger partial charge in [-0.05, 0) is 24.6 Å². The number of benzene rings is 1. The second kappa shape index (κ2) is 6.05. The number of anilines is 1. The van der Waals surface area contributed by atoms with Crippen molar-refractivity contribution in [3.8, 4) is 11.1 Å². The van der Waals surface area contributed by atoms with E-state index in [1.54, 1.807) is 12.3 Å². The highest BCUT2D eigenvalue weighted by Crippen LogP contribution is 2.19. The van der Waals surface area contributed by atoms with Gasteiger partial charge >= 0.3 is 0 Å². The fourth-order valence-corrected chi connectivity index (χ4v) is 2.14. The molecule has 1 heterocycles. The standard InChI is InChI=1S/C15H16N2O3S/c1-11(21(2,19)20)15(18)17-14-9-8-13(10-16-14)12-6-4-3-5-7-12/h3-11H,1-2H3,(H,16,17,18)/t11-/m1/s1. The molecule has 5 nitrogen and oxygen atoms in total. The van der Waals surface area contributed by atoms with Crippen molar-refractivity contribution in [2.45, 2.75) is 12.2 Å². The van der Waals surface area contributed by atoms with Gasteiger partial charge in [-0.1, -0.05) is 30.3 Å². The van der Waals surface area contributed by atoms with Crippen molar-refractivity contribution in [2.75, 3.05) is 11.6 Å². The lowest BCUT2D eigenvalue weighted by molar-refractivity contribution is -0.115. The number of nitrogens with one attached hydrogen (secondary N) is 1. The van der Waals surface area contributed by atoms with Crippen LogP contribution in [0.2, 0.25) is 0 Å². The van der Waals surface area contributed by atoms with Crippen LogP contribution in [0.3, 0.4) is 0 Å². The molecule has 0 aliphatic rings. The summed E-state index contributed by atoms with van der Waals surface area (Å²) in [6.07, 6.45) is 2.67. The third-order valence-electron chi connectivity index (χ3n) is 3.13. The molecule has 0 saturated carbocycles. The molecule has 1 atom stereocenters. The number of sulfone groups is 1. The first kappa shape index (κ1) is 15.2. The van der Waals surface area contributed by atoms with E-state index in [1.807, 2.05) is 36.4 Å². The first-order valence-electron chi connectivity index (χ1n) is 6.39. The van der Waals surface area contributed by atoms with E-state index in [9.17, 15) is 13.2 Å². The Morgan fingerprint density at radius 2 is 1.76 bits per heavy atom. The van der Waals surface area contributed by atoms with Crippen molar-refractivity contribution >= 4 is 21.6 Å². The highest BCUT2D eigenvalue weighted by molar-refractivity contribution is 7.92. The van der Waals surface area contributed by atoms with Gasteiger partial charge in [-0.2, -0.15) is 0 Å². The summed E-state index contributed by atoms with van der Waals surface area (Å²) in [6, 6.07) is 13.2. The average Bonchev–Trinajstić information content (AvgIpc) is 2.47. The Bertz CT molecular complexity index is 725. The predicted molar refractivity (Wildman–Crippen MR) is 82.6 cm³/mol. The van der Waals surface area contributed by atoms with E-state index in [1.165, 1.54) is 6.92 Å². The third kappa shape index (κ3) is 3.88. The number of rotatable bonds is 4. The highest BCUT2D eigenvalue weighted by atomic mass is 32.2. The number of carbonyl (C=O) groups excluding carboxylic acids is 1. The lowest BCUT2D eigenvalue weighted by Gasteiger charge is -2.10. The molecule has 6 heteroatoms. The molecule has 21 heavy (non-hydrogen) atoms. The quantitative estimate of drug-likeness (QED) is 0.938. The summed E-state index contributed by atoms with van der Waals surface area (Å²) in [7, 11) is -3.41. The van der Waals surface area contributed by atoms with Gasteiger partial charge in [0.25, 0.3) is 0 Å². The minimum Gasteiger partial charge on any atom is -0.310 e. The van der Waals surface area contributed by atoms with E-state index >= 15 is 0 Å². The molecule has 0 aliphatic carbocycles. The Hall–Kier alpha value is -2.21. The smallest absolute Gasteiger partial charge is 0.243 e. The molecule has 0 fully saturated rings. The van der Waals surface area contributed by atoms with Crippen molar-refractivity contribution < 1.29 is 13.2 Å². The largest absolute Gasteiger partial charge is 0.310 e. The first-order valence-corrected chi connectivity index (χ1v) is 8.34. The first-order chi connectivity index (χ1) is 9.88. The van der Waals surface area contributed by atoms with E-state index in [4.69, 9.17) is 0 Å². The number of pyridine rings is 1. The zero-order valence-electron chi connectivity index (χ0n) is 11.8. The van der Waals surface area contributed by atoms with Gasteiger partial charge < -0.3 is 5.32 Å². The van der Waals surface area contributed by atoms with E-state index in [0.29, 0.717) is 5.82 Å². The summed E-state index contributed by atoms with van der Waals surface area (Å²) in [6.45, 7) is 1.35. The van der Waals surface area contributed by atoms with E-state index in [0.717, 1.165) is 17.4 Å². The fraction of sp³-hybridized carbons (Fsp3) is 0.200. The predicted octanol–water partition coefficient (Wildman–Crippen LogP) is 2.12. The molecule has 0 aliphatic heterocycles. The van der Waals surface area contributed by atoms with Crippen LogP contribution in [0.5, 0.6) is 0 Å². The van der Waals surface area contributed by atoms with E-state index in [-0.39, 0.29) is 0 Å². The monoisotopic (exact) mass is 304 g/mol. The van der Waals surface area contributed by atoms with Gasteiger partial charge in [0, 0.05) is 18.0 Å². The molecule has 0 bridgehead atoms. The van der Waals surface area contributed by atoms with Gasteiger partial charge in [-0.15, -0.1) is 0 Å². The van der Waals surface area contributed by atoms with Gasteiger partial charge in [-0.3, -0.25) is 4.79 Å². The van der Waals surface area contributed by atoms with Crippen molar-refractivity contribution in [1.82, 2.24) is 4.98 Å². The molecule has 0 unspecified atom stereocenters. The van der Waals surface area contributed by atoms with Crippen LogP contribution in [0.25, 0.3) is 11.1 Å². The van der Waals surface area contributed by atoms with Crippen LogP contribution in [0.15, 0.2) is 48.7 Å². The second-order valence-corrected chi connectivity index (χ2v) is 7.13.